The zero-order chi connectivity index (χ0) is 17.1. The van der Waals surface area contributed by atoms with Crippen molar-refractivity contribution in [2.45, 2.75) is 19.5 Å². The Morgan fingerprint density at radius 2 is 1.75 bits per heavy atom. The first-order valence-electron chi connectivity index (χ1n) is 8.02. The van der Waals surface area contributed by atoms with E-state index in [1.807, 2.05) is 31.2 Å². The number of carbonyl (C=O) groups is 1. The molecule has 0 saturated carbocycles. The third-order valence-electron chi connectivity index (χ3n) is 4.46. The minimum atomic E-state index is -0.294. The number of piperazine rings is 1. The van der Waals surface area contributed by atoms with Crippen LogP contribution in [-0.2, 0) is 11.3 Å². The summed E-state index contributed by atoms with van der Waals surface area (Å²) in [6.07, 6.45) is 0. The van der Waals surface area contributed by atoms with Gasteiger partial charge in [0, 0.05) is 25.3 Å². The zero-order valence-corrected chi connectivity index (χ0v) is 13.9. The van der Waals surface area contributed by atoms with E-state index >= 15 is 0 Å². The molecule has 0 bridgehead atoms. The fraction of sp³-hybridized carbons (Fsp3) is 0.316. The summed E-state index contributed by atoms with van der Waals surface area (Å²) in [5.41, 5.74) is 1.89. The van der Waals surface area contributed by atoms with Crippen LogP contribution in [-0.4, -0.2) is 37.0 Å². The minimum absolute atomic E-state index is 0.0429. The average Bonchev–Trinajstić information content (AvgIpc) is 2.61. The van der Waals surface area contributed by atoms with Crippen molar-refractivity contribution in [3.63, 3.8) is 0 Å². The molecule has 126 valence electrons. The molecule has 0 aromatic heterocycles. The van der Waals surface area contributed by atoms with Gasteiger partial charge in [0.05, 0.1) is 13.2 Å². The number of hydrogen-bond acceptors (Lipinski definition) is 3. The first kappa shape index (κ1) is 16.5. The van der Waals surface area contributed by atoms with Crippen molar-refractivity contribution in [1.82, 2.24) is 4.90 Å². The summed E-state index contributed by atoms with van der Waals surface area (Å²) in [5, 5.41) is 0. The highest BCUT2D eigenvalue weighted by atomic mass is 19.1. The molecule has 5 heteroatoms. The lowest BCUT2D eigenvalue weighted by Gasteiger charge is -2.39. The number of amides is 1. The van der Waals surface area contributed by atoms with E-state index in [0.29, 0.717) is 13.1 Å². The summed E-state index contributed by atoms with van der Waals surface area (Å²) in [6, 6.07) is 13.7. The van der Waals surface area contributed by atoms with Crippen LogP contribution in [0.3, 0.4) is 0 Å². The first-order chi connectivity index (χ1) is 11.6. The standard InChI is InChI=1S/C19H21FN2O2/c1-14-19(23)22(17-7-5-16(20)6-8-17)12-11-21(14)13-15-3-9-18(24-2)10-4-15/h3-10,14H,11-13H2,1-2H3. The number of halogens is 1. The van der Waals surface area contributed by atoms with Gasteiger partial charge in [-0.3, -0.25) is 9.69 Å². The Morgan fingerprint density at radius 3 is 2.38 bits per heavy atom. The van der Waals surface area contributed by atoms with Crippen LogP contribution in [0.5, 0.6) is 5.75 Å². The number of carbonyl (C=O) groups excluding carboxylic acids is 1. The third-order valence-corrected chi connectivity index (χ3v) is 4.46. The molecule has 0 radical (unpaired) electrons. The Balaban J connectivity index is 1.68. The van der Waals surface area contributed by atoms with E-state index in [0.717, 1.165) is 23.5 Å². The quantitative estimate of drug-likeness (QED) is 0.865. The molecule has 1 atom stereocenters. The van der Waals surface area contributed by atoms with Crippen LogP contribution < -0.4 is 9.64 Å². The van der Waals surface area contributed by atoms with E-state index < -0.39 is 0 Å². The molecule has 1 saturated heterocycles. The summed E-state index contributed by atoms with van der Waals surface area (Å²) >= 11 is 0. The first-order valence-corrected chi connectivity index (χ1v) is 8.02. The summed E-state index contributed by atoms with van der Waals surface area (Å²) in [7, 11) is 1.64. The van der Waals surface area contributed by atoms with Crippen molar-refractivity contribution in [3.8, 4) is 5.75 Å². The number of rotatable bonds is 4. The summed E-state index contributed by atoms with van der Waals surface area (Å²) in [4.78, 5) is 16.6. The number of ether oxygens (including phenoxy) is 1. The van der Waals surface area contributed by atoms with Crippen LogP contribution in [0.25, 0.3) is 0 Å². The molecule has 1 fully saturated rings. The highest BCUT2D eigenvalue weighted by molar-refractivity contribution is 5.97. The predicted molar refractivity (Wildman–Crippen MR) is 91.6 cm³/mol. The van der Waals surface area contributed by atoms with Gasteiger partial charge in [0.25, 0.3) is 0 Å². The number of anilines is 1. The largest absolute Gasteiger partial charge is 0.497 e. The van der Waals surface area contributed by atoms with Gasteiger partial charge in [-0.05, 0) is 48.9 Å². The molecule has 4 nitrogen and oxygen atoms in total. The topological polar surface area (TPSA) is 32.8 Å². The number of nitrogens with zero attached hydrogens (tertiary/aromatic N) is 2. The van der Waals surface area contributed by atoms with Crippen LogP contribution in [0.1, 0.15) is 12.5 Å². The highest BCUT2D eigenvalue weighted by Crippen LogP contribution is 2.22. The maximum atomic E-state index is 13.1. The molecule has 3 rings (SSSR count). The molecule has 1 heterocycles. The number of hydrogen-bond donors (Lipinski definition) is 0. The van der Waals surface area contributed by atoms with Crippen molar-refractivity contribution >= 4 is 11.6 Å². The molecule has 1 aliphatic heterocycles. The maximum absolute atomic E-state index is 13.1. The van der Waals surface area contributed by atoms with Gasteiger partial charge in [0.15, 0.2) is 0 Å². The van der Waals surface area contributed by atoms with Crippen LogP contribution in [0.2, 0.25) is 0 Å². The minimum Gasteiger partial charge on any atom is -0.497 e. The Bertz CT molecular complexity index is 700. The molecule has 1 unspecified atom stereocenters. The zero-order valence-electron chi connectivity index (χ0n) is 13.9. The van der Waals surface area contributed by atoms with Crippen molar-refractivity contribution in [3.05, 3.63) is 59.9 Å². The Kier molecular flexibility index (Phi) is 4.81. The van der Waals surface area contributed by atoms with Crippen LogP contribution >= 0.6 is 0 Å². The van der Waals surface area contributed by atoms with E-state index in [9.17, 15) is 9.18 Å². The van der Waals surface area contributed by atoms with Gasteiger partial charge in [0.2, 0.25) is 5.91 Å². The van der Waals surface area contributed by atoms with E-state index in [1.54, 1.807) is 24.1 Å². The van der Waals surface area contributed by atoms with E-state index in [2.05, 4.69) is 4.90 Å². The molecular formula is C19H21FN2O2. The van der Waals surface area contributed by atoms with Crippen LogP contribution in [0, 0.1) is 5.82 Å². The van der Waals surface area contributed by atoms with Crippen molar-refractivity contribution in [2.75, 3.05) is 25.1 Å². The second kappa shape index (κ2) is 7.01. The van der Waals surface area contributed by atoms with Gasteiger partial charge in [-0.15, -0.1) is 0 Å². The lowest BCUT2D eigenvalue weighted by molar-refractivity contribution is -0.125. The summed E-state index contributed by atoms with van der Waals surface area (Å²) in [6.45, 7) is 4.01. The number of methoxy groups -OCH3 is 1. The van der Waals surface area contributed by atoms with E-state index in [-0.39, 0.29) is 17.8 Å². The van der Waals surface area contributed by atoms with Gasteiger partial charge in [-0.1, -0.05) is 12.1 Å². The molecule has 0 spiro atoms. The maximum Gasteiger partial charge on any atom is 0.244 e. The summed E-state index contributed by atoms with van der Waals surface area (Å²) in [5.74, 6) is 0.572. The molecule has 2 aromatic rings. The molecule has 2 aromatic carbocycles. The highest BCUT2D eigenvalue weighted by Gasteiger charge is 2.32. The van der Waals surface area contributed by atoms with Gasteiger partial charge >= 0.3 is 0 Å². The van der Waals surface area contributed by atoms with Crippen LogP contribution in [0.4, 0.5) is 10.1 Å². The Hall–Kier alpha value is -2.40. The van der Waals surface area contributed by atoms with Gasteiger partial charge < -0.3 is 9.64 Å². The lowest BCUT2D eigenvalue weighted by Crippen LogP contribution is -2.55. The third kappa shape index (κ3) is 3.41. The fourth-order valence-corrected chi connectivity index (χ4v) is 2.97. The van der Waals surface area contributed by atoms with Crippen molar-refractivity contribution in [2.24, 2.45) is 0 Å². The second-order valence-electron chi connectivity index (χ2n) is 5.96. The van der Waals surface area contributed by atoms with Gasteiger partial charge in [-0.2, -0.15) is 0 Å². The SMILES string of the molecule is COc1ccc(CN2CCN(c3ccc(F)cc3)C(=O)C2C)cc1. The van der Waals surface area contributed by atoms with E-state index in [4.69, 9.17) is 4.74 Å². The Labute approximate surface area is 141 Å². The molecule has 0 N–H and O–H groups in total. The predicted octanol–water partition coefficient (Wildman–Crippen LogP) is 3.07. The molecule has 1 aliphatic rings. The summed E-state index contributed by atoms with van der Waals surface area (Å²) < 4.78 is 18.2. The lowest BCUT2D eigenvalue weighted by atomic mass is 10.1. The smallest absolute Gasteiger partial charge is 0.244 e. The molecule has 24 heavy (non-hydrogen) atoms. The van der Waals surface area contributed by atoms with E-state index in [1.165, 1.54) is 12.1 Å². The Morgan fingerprint density at radius 1 is 1.08 bits per heavy atom. The van der Waals surface area contributed by atoms with Crippen LogP contribution in [0.15, 0.2) is 48.5 Å². The average molecular weight is 328 g/mol. The normalized spacial score (nSPS) is 18.7. The van der Waals surface area contributed by atoms with Gasteiger partial charge in [0.1, 0.15) is 11.6 Å². The molecular weight excluding hydrogens is 307 g/mol. The monoisotopic (exact) mass is 328 g/mol. The van der Waals surface area contributed by atoms with Crippen molar-refractivity contribution in [1.29, 1.82) is 0 Å². The number of benzene rings is 2. The molecule has 0 aliphatic carbocycles. The fourth-order valence-electron chi connectivity index (χ4n) is 2.97. The molecule has 1 amide bonds. The second-order valence-corrected chi connectivity index (χ2v) is 5.96. The van der Waals surface area contributed by atoms with Gasteiger partial charge in [-0.25, -0.2) is 4.39 Å². The van der Waals surface area contributed by atoms with Crippen molar-refractivity contribution < 1.29 is 13.9 Å².